The van der Waals surface area contributed by atoms with Crippen molar-refractivity contribution in [1.29, 1.82) is 0 Å². The first-order valence-electron chi connectivity index (χ1n) is 10.3. The summed E-state index contributed by atoms with van der Waals surface area (Å²) in [5.74, 6) is -0.990. The summed E-state index contributed by atoms with van der Waals surface area (Å²) in [6.07, 6.45) is 1.45. The molecule has 0 saturated carbocycles. The second-order valence-corrected chi connectivity index (χ2v) is 14.6. The van der Waals surface area contributed by atoms with Gasteiger partial charge in [0.2, 0.25) is 0 Å². The molecule has 3 nitrogen and oxygen atoms in total. The van der Waals surface area contributed by atoms with Gasteiger partial charge in [-0.15, -0.1) is 0 Å². The van der Waals surface area contributed by atoms with E-state index in [0.717, 1.165) is 0 Å². The van der Waals surface area contributed by atoms with Crippen LogP contribution in [-0.4, -0.2) is 35.8 Å². The fourth-order valence-corrected chi connectivity index (χ4v) is 11.4. The molecule has 0 aliphatic rings. The molecular weight excluding hydrogens is 489 g/mol. The van der Waals surface area contributed by atoms with Crippen molar-refractivity contribution in [3.63, 3.8) is 0 Å². The summed E-state index contributed by atoms with van der Waals surface area (Å²) in [5, 5.41) is 8.32. The van der Waals surface area contributed by atoms with E-state index >= 15 is 0 Å². The molecule has 0 bridgehead atoms. The summed E-state index contributed by atoms with van der Waals surface area (Å²) >= 11 is -1.56. The van der Waals surface area contributed by atoms with Gasteiger partial charge in [-0.1, -0.05) is 6.07 Å². The summed E-state index contributed by atoms with van der Waals surface area (Å²) < 4.78 is 3.98. The second-order valence-electron chi connectivity index (χ2n) is 7.26. The van der Waals surface area contributed by atoms with Crippen LogP contribution in [0.5, 0.6) is 0 Å². The van der Waals surface area contributed by atoms with E-state index in [1.807, 2.05) is 0 Å². The van der Waals surface area contributed by atoms with Crippen molar-refractivity contribution in [1.82, 2.24) is 4.98 Å². The molecular formula is C27H26NO2Sn. The van der Waals surface area contributed by atoms with E-state index in [1.165, 1.54) is 42.3 Å². The number of hydrogen-bond acceptors (Lipinski definition) is 2. The van der Waals surface area contributed by atoms with Crippen LogP contribution < -0.4 is 0 Å². The van der Waals surface area contributed by atoms with Crippen LogP contribution >= 0.6 is 0 Å². The molecule has 0 amide bonds. The number of pyridine rings is 1. The average Bonchev–Trinajstić information content (AvgIpc) is 2.82. The molecule has 4 aromatic rings. The summed E-state index contributed by atoms with van der Waals surface area (Å²) in [5.41, 5.74) is 4.63. The van der Waals surface area contributed by atoms with Gasteiger partial charge in [0.1, 0.15) is 5.69 Å². The first kappa shape index (κ1) is 22.8. The normalized spacial score (nSPS) is 10.2. The molecule has 0 saturated heterocycles. The van der Waals surface area contributed by atoms with Crippen molar-refractivity contribution in [2.24, 2.45) is 0 Å². The Balaban J connectivity index is 0.000000254. The van der Waals surface area contributed by atoms with E-state index in [1.54, 1.807) is 12.1 Å². The summed E-state index contributed by atoms with van der Waals surface area (Å²) in [7, 11) is 0. The number of nitrogens with zero attached hydrogens (tertiary/aromatic N) is 1. The monoisotopic (exact) mass is 516 g/mol. The van der Waals surface area contributed by atoms with Gasteiger partial charge in [0.05, 0.1) is 0 Å². The fraction of sp³-hybridized carbons (Fsp3) is 0.111. The topological polar surface area (TPSA) is 50.2 Å². The van der Waals surface area contributed by atoms with Crippen molar-refractivity contribution >= 4 is 25.7 Å². The van der Waals surface area contributed by atoms with Gasteiger partial charge in [-0.05, 0) is 12.1 Å². The molecule has 1 N–H and O–H groups in total. The molecule has 0 aliphatic heterocycles. The van der Waals surface area contributed by atoms with Gasteiger partial charge in [0.25, 0.3) is 0 Å². The molecule has 0 atom stereocenters. The standard InChI is InChI=1S/3C7H7.C6H5NO2.Sn/c3*1-7-5-3-2-4-6-7;8-6(9)5-3-1-2-4-7-5;/h3*2-6H,1H2;1-4H,(H,8,9);. The Morgan fingerprint density at radius 2 is 1.00 bits per heavy atom. The van der Waals surface area contributed by atoms with Crippen LogP contribution in [0.25, 0.3) is 0 Å². The van der Waals surface area contributed by atoms with Crippen molar-refractivity contribution in [3.8, 4) is 0 Å². The maximum atomic E-state index is 10.1. The number of aromatic nitrogens is 1. The van der Waals surface area contributed by atoms with Crippen LogP contribution in [0.1, 0.15) is 27.2 Å². The molecule has 31 heavy (non-hydrogen) atoms. The van der Waals surface area contributed by atoms with E-state index < -0.39 is 25.7 Å². The number of rotatable bonds is 7. The molecule has 0 unspecified atom stereocenters. The molecule has 4 rings (SSSR count). The first-order chi connectivity index (χ1) is 15.2. The molecule has 155 valence electrons. The Hall–Kier alpha value is -2.92. The Labute approximate surface area is 191 Å². The van der Waals surface area contributed by atoms with E-state index in [9.17, 15) is 4.79 Å². The molecule has 0 aliphatic carbocycles. The van der Waals surface area contributed by atoms with Gasteiger partial charge in [0.15, 0.2) is 0 Å². The van der Waals surface area contributed by atoms with Crippen molar-refractivity contribution in [2.75, 3.05) is 0 Å². The number of aromatic carboxylic acids is 1. The predicted octanol–water partition coefficient (Wildman–Crippen LogP) is 5.61. The molecule has 1 heterocycles. The van der Waals surface area contributed by atoms with E-state index in [-0.39, 0.29) is 5.69 Å². The fourth-order valence-electron chi connectivity index (χ4n) is 3.33. The number of carboxylic acid groups (broad SMARTS) is 1. The molecule has 1 radical (unpaired) electrons. The van der Waals surface area contributed by atoms with Crippen LogP contribution in [0.2, 0.25) is 0 Å². The number of carboxylic acids is 1. The quantitative estimate of drug-likeness (QED) is 0.326. The van der Waals surface area contributed by atoms with E-state index in [4.69, 9.17) is 5.11 Å². The first-order valence-corrected chi connectivity index (χ1v) is 16.4. The Bertz CT molecular complexity index is 927. The minimum atomic E-state index is -1.56. The van der Waals surface area contributed by atoms with Gasteiger partial charge in [-0.3, -0.25) is 0 Å². The zero-order chi connectivity index (χ0) is 21.7. The Morgan fingerprint density at radius 1 is 0.613 bits per heavy atom. The van der Waals surface area contributed by atoms with Crippen LogP contribution in [0.4, 0.5) is 0 Å². The SMILES string of the molecule is O=C(O)c1ccccn1.c1ccc([CH2][Sn]([CH2]c2ccccc2)[CH2]c2ccccc2)cc1. The van der Waals surface area contributed by atoms with E-state index in [2.05, 4.69) is 96.0 Å². The average molecular weight is 515 g/mol. The van der Waals surface area contributed by atoms with Gasteiger partial charge in [-0.25, -0.2) is 9.78 Å². The molecule has 0 fully saturated rings. The third kappa shape index (κ3) is 8.38. The van der Waals surface area contributed by atoms with Crippen LogP contribution in [-0.2, 0) is 13.3 Å². The van der Waals surface area contributed by atoms with Crippen LogP contribution in [0.3, 0.4) is 0 Å². The van der Waals surface area contributed by atoms with Crippen molar-refractivity contribution in [2.45, 2.75) is 13.3 Å². The summed E-state index contributed by atoms with van der Waals surface area (Å²) in [6.45, 7) is 0. The van der Waals surface area contributed by atoms with Crippen LogP contribution in [0.15, 0.2) is 115 Å². The number of hydrogen-bond donors (Lipinski definition) is 1. The Kier molecular flexibility index (Phi) is 9.32. The third-order valence-corrected chi connectivity index (χ3v) is 12.6. The maximum absolute atomic E-state index is 10.1. The molecule has 1 aromatic heterocycles. The van der Waals surface area contributed by atoms with Gasteiger partial charge in [-0.2, -0.15) is 0 Å². The van der Waals surface area contributed by atoms with Crippen molar-refractivity contribution in [3.05, 3.63) is 138 Å². The number of carbonyl (C=O) groups is 1. The summed E-state index contributed by atoms with van der Waals surface area (Å²) in [4.78, 5) is 13.7. The molecule has 4 heteroatoms. The minimum absolute atomic E-state index is 0.0810. The third-order valence-electron chi connectivity index (χ3n) is 4.77. The number of benzene rings is 3. The van der Waals surface area contributed by atoms with E-state index in [0.29, 0.717) is 0 Å². The van der Waals surface area contributed by atoms with Crippen LogP contribution in [0, 0.1) is 0 Å². The Morgan fingerprint density at radius 3 is 1.29 bits per heavy atom. The van der Waals surface area contributed by atoms with Gasteiger partial charge < -0.3 is 5.11 Å². The predicted molar refractivity (Wildman–Crippen MR) is 127 cm³/mol. The zero-order valence-electron chi connectivity index (χ0n) is 17.4. The van der Waals surface area contributed by atoms with Gasteiger partial charge in [0, 0.05) is 6.20 Å². The zero-order valence-corrected chi connectivity index (χ0v) is 20.2. The van der Waals surface area contributed by atoms with Gasteiger partial charge >= 0.3 is 147 Å². The van der Waals surface area contributed by atoms with Crippen molar-refractivity contribution < 1.29 is 9.90 Å². The molecule has 0 spiro atoms. The molecule has 3 aromatic carbocycles. The second kappa shape index (κ2) is 12.7. The summed E-state index contributed by atoms with van der Waals surface area (Å²) in [6, 6.07) is 37.8.